The Kier molecular flexibility index (Phi) is 7.79. The van der Waals surface area contributed by atoms with Crippen molar-refractivity contribution in [3.63, 3.8) is 0 Å². The number of esters is 1. The smallest absolute Gasteiger partial charge is 0.343 e. The second kappa shape index (κ2) is 11.0. The Balaban J connectivity index is 1.61. The molecule has 0 aromatic heterocycles. The lowest BCUT2D eigenvalue weighted by molar-refractivity contribution is 0.0735. The van der Waals surface area contributed by atoms with Gasteiger partial charge in [0.25, 0.3) is 0 Å². The van der Waals surface area contributed by atoms with Gasteiger partial charge in [-0.05, 0) is 65.8 Å². The maximum atomic E-state index is 12.4. The Labute approximate surface area is 179 Å². The minimum atomic E-state index is -0.349. The SMILES string of the molecule is C=CCCc1ccc(-c2ccc(OC(=O)c3ccc(/C=C/CCC)cc3)cc2)cc1. The van der Waals surface area contributed by atoms with Gasteiger partial charge in [0.1, 0.15) is 5.75 Å². The van der Waals surface area contributed by atoms with E-state index in [1.165, 1.54) is 5.56 Å². The molecule has 0 unspecified atom stereocenters. The molecule has 0 amide bonds. The fourth-order valence-electron chi connectivity index (χ4n) is 3.13. The zero-order chi connectivity index (χ0) is 21.2. The van der Waals surface area contributed by atoms with Crippen molar-refractivity contribution < 1.29 is 9.53 Å². The minimum Gasteiger partial charge on any atom is -0.423 e. The van der Waals surface area contributed by atoms with Crippen LogP contribution in [0, 0.1) is 0 Å². The molecule has 0 heterocycles. The van der Waals surface area contributed by atoms with Crippen LogP contribution in [0.5, 0.6) is 5.75 Å². The molecule has 0 saturated carbocycles. The summed E-state index contributed by atoms with van der Waals surface area (Å²) in [7, 11) is 0. The van der Waals surface area contributed by atoms with Gasteiger partial charge in [0.15, 0.2) is 0 Å². The van der Waals surface area contributed by atoms with Crippen LogP contribution in [0.25, 0.3) is 17.2 Å². The van der Waals surface area contributed by atoms with Gasteiger partial charge < -0.3 is 4.74 Å². The Morgan fingerprint density at radius 2 is 1.50 bits per heavy atom. The summed E-state index contributed by atoms with van der Waals surface area (Å²) in [5, 5.41) is 0. The summed E-state index contributed by atoms with van der Waals surface area (Å²) >= 11 is 0. The van der Waals surface area contributed by atoms with Crippen LogP contribution in [0.2, 0.25) is 0 Å². The summed E-state index contributed by atoms with van der Waals surface area (Å²) in [4.78, 5) is 12.4. The molecule has 30 heavy (non-hydrogen) atoms. The highest BCUT2D eigenvalue weighted by Gasteiger charge is 2.08. The molecular formula is C28H28O2. The number of carbonyl (C=O) groups is 1. The predicted molar refractivity (Wildman–Crippen MR) is 126 cm³/mol. The van der Waals surface area contributed by atoms with E-state index >= 15 is 0 Å². The number of hydrogen-bond acceptors (Lipinski definition) is 2. The number of unbranched alkanes of at least 4 members (excludes halogenated alkanes) is 1. The zero-order valence-corrected chi connectivity index (χ0v) is 17.5. The molecule has 3 aromatic rings. The molecule has 2 heteroatoms. The first-order valence-electron chi connectivity index (χ1n) is 10.5. The average molecular weight is 397 g/mol. The lowest BCUT2D eigenvalue weighted by Crippen LogP contribution is -2.08. The van der Waals surface area contributed by atoms with Crippen LogP contribution in [0.15, 0.2) is 91.5 Å². The maximum absolute atomic E-state index is 12.4. The van der Waals surface area contributed by atoms with Crippen molar-refractivity contribution in [1.82, 2.24) is 0 Å². The third-order valence-electron chi connectivity index (χ3n) is 4.90. The van der Waals surface area contributed by atoms with Gasteiger partial charge in [0.05, 0.1) is 5.56 Å². The van der Waals surface area contributed by atoms with Crippen molar-refractivity contribution in [2.24, 2.45) is 0 Å². The van der Waals surface area contributed by atoms with E-state index < -0.39 is 0 Å². The summed E-state index contributed by atoms with van der Waals surface area (Å²) in [5.74, 6) is 0.191. The van der Waals surface area contributed by atoms with Crippen LogP contribution in [-0.2, 0) is 6.42 Å². The third-order valence-corrected chi connectivity index (χ3v) is 4.90. The van der Waals surface area contributed by atoms with Crippen LogP contribution in [-0.4, -0.2) is 5.97 Å². The highest BCUT2D eigenvalue weighted by molar-refractivity contribution is 5.91. The van der Waals surface area contributed by atoms with Gasteiger partial charge in [-0.25, -0.2) is 4.79 Å². The summed E-state index contributed by atoms with van der Waals surface area (Å²) in [6.07, 6.45) is 10.3. The molecule has 0 aliphatic heterocycles. The van der Waals surface area contributed by atoms with E-state index in [2.05, 4.69) is 49.9 Å². The molecule has 0 radical (unpaired) electrons. The van der Waals surface area contributed by atoms with Crippen molar-refractivity contribution in [2.45, 2.75) is 32.6 Å². The maximum Gasteiger partial charge on any atom is 0.343 e. The number of allylic oxidation sites excluding steroid dienone is 2. The summed E-state index contributed by atoms with van der Waals surface area (Å²) in [6, 6.07) is 23.6. The Hall–Kier alpha value is -3.39. The molecule has 0 N–H and O–H groups in total. The number of benzene rings is 3. The standard InChI is InChI=1S/C28H28O2/c1-3-5-7-9-23-12-16-26(17-13-23)28(29)30-27-20-18-25(19-21-27)24-14-10-22(11-15-24)8-6-4-2/h4,7,9-21H,2-3,5-6,8H2,1H3/b9-7+. The van der Waals surface area contributed by atoms with E-state index in [0.29, 0.717) is 11.3 Å². The van der Waals surface area contributed by atoms with Crippen molar-refractivity contribution in [2.75, 3.05) is 0 Å². The largest absolute Gasteiger partial charge is 0.423 e. The Morgan fingerprint density at radius 1 is 0.867 bits per heavy atom. The number of hydrogen-bond donors (Lipinski definition) is 0. The van der Waals surface area contributed by atoms with Gasteiger partial charge in [-0.15, -0.1) is 6.58 Å². The first kappa shape index (κ1) is 21.3. The third kappa shape index (κ3) is 6.05. The minimum absolute atomic E-state index is 0.349. The fourth-order valence-corrected chi connectivity index (χ4v) is 3.13. The van der Waals surface area contributed by atoms with Gasteiger partial charge >= 0.3 is 5.97 Å². The normalized spacial score (nSPS) is 10.8. The van der Waals surface area contributed by atoms with Crippen molar-refractivity contribution in [1.29, 1.82) is 0 Å². The van der Waals surface area contributed by atoms with Crippen LogP contribution in [0.1, 0.15) is 47.7 Å². The van der Waals surface area contributed by atoms with Crippen LogP contribution in [0.4, 0.5) is 0 Å². The monoisotopic (exact) mass is 396 g/mol. The van der Waals surface area contributed by atoms with Gasteiger partial charge in [-0.3, -0.25) is 0 Å². The Bertz CT molecular complexity index is 978. The molecule has 0 saturated heterocycles. The van der Waals surface area contributed by atoms with E-state index in [9.17, 15) is 4.79 Å². The molecule has 3 rings (SSSR count). The van der Waals surface area contributed by atoms with Crippen molar-refractivity contribution >= 4 is 12.0 Å². The van der Waals surface area contributed by atoms with Crippen LogP contribution in [0.3, 0.4) is 0 Å². The number of ether oxygens (including phenoxy) is 1. The van der Waals surface area contributed by atoms with E-state index in [1.807, 2.05) is 42.5 Å². The second-order valence-corrected chi connectivity index (χ2v) is 7.25. The molecule has 0 bridgehead atoms. The summed E-state index contributed by atoms with van der Waals surface area (Å²) in [5.41, 5.74) is 5.16. The predicted octanol–water partition coefficient (Wildman–Crippen LogP) is 7.50. The number of rotatable bonds is 9. The summed E-state index contributed by atoms with van der Waals surface area (Å²) < 4.78 is 5.53. The van der Waals surface area contributed by atoms with Crippen LogP contribution < -0.4 is 4.74 Å². The molecular weight excluding hydrogens is 368 g/mol. The van der Waals surface area contributed by atoms with E-state index in [4.69, 9.17) is 4.74 Å². The Morgan fingerprint density at radius 3 is 2.10 bits per heavy atom. The molecule has 152 valence electrons. The molecule has 0 aliphatic carbocycles. The lowest BCUT2D eigenvalue weighted by Gasteiger charge is -2.07. The number of aryl methyl sites for hydroxylation is 1. The fraction of sp³-hybridized carbons (Fsp3) is 0.179. The van der Waals surface area contributed by atoms with Gasteiger partial charge in [-0.1, -0.05) is 80.1 Å². The zero-order valence-electron chi connectivity index (χ0n) is 17.5. The number of carbonyl (C=O) groups excluding carboxylic acids is 1. The molecule has 2 nitrogen and oxygen atoms in total. The average Bonchev–Trinajstić information content (AvgIpc) is 2.79. The molecule has 0 aliphatic rings. The highest BCUT2D eigenvalue weighted by Crippen LogP contribution is 2.24. The van der Waals surface area contributed by atoms with E-state index in [1.54, 1.807) is 12.1 Å². The quantitative estimate of drug-likeness (QED) is 0.212. The van der Waals surface area contributed by atoms with E-state index in [-0.39, 0.29) is 5.97 Å². The van der Waals surface area contributed by atoms with E-state index in [0.717, 1.165) is 42.4 Å². The first-order valence-corrected chi connectivity index (χ1v) is 10.5. The lowest BCUT2D eigenvalue weighted by atomic mass is 10.0. The van der Waals surface area contributed by atoms with Gasteiger partial charge in [-0.2, -0.15) is 0 Å². The van der Waals surface area contributed by atoms with Gasteiger partial charge in [0, 0.05) is 0 Å². The summed E-state index contributed by atoms with van der Waals surface area (Å²) in [6.45, 7) is 5.92. The van der Waals surface area contributed by atoms with Gasteiger partial charge in [0.2, 0.25) is 0 Å². The first-order chi connectivity index (χ1) is 14.7. The van der Waals surface area contributed by atoms with Crippen molar-refractivity contribution in [3.8, 4) is 16.9 Å². The van der Waals surface area contributed by atoms with Crippen LogP contribution >= 0.6 is 0 Å². The highest BCUT2D eigenvalue weighted by atomic mass is 16.5. The second-order valence-electron chi connectivity index (χ2n) is 7.25. The topological polar surface area (TPSA) is 26.3 Å². The molecule has 3 aromatic carbocycles. The molecule has 0 fully saturated rings. The molecule has 0 spiro atoms. The van der Waals surface area contributed by atoms with Crippen molar-refractivity contribution in [3.05, 3.63) is 108 Å². The molecule has 0 atom stereocenters.